The summed E-state index contributed by atoms with van der Waals surface area (Å²) in [6, 6.07) is -1.61. The van der Waals surface area contributed by atoms with Gasteiger partial charge in [-0.25, -0.2) is 4.79 Å². The predicted octanol–water partition coefficient (Wildman–Crippen LogP) is -9.37. The van der Waals surface area contributed by atoms with E-state index in [2.05, 4.69) is 5.32 Å². The summed E-state index contributed by atoms with van der Waals surface area (Å²) in [7, 11) is 0. The maximum absolute atomic E-state index is 12.6. The number of carbonyl (C=O) groups is 2. The number of carboxylic acid groups (broad SMARTS) is 1. The number of carbonyl (C=O) groups excluding carboxylic acids is 1. The average Bonchev–Trinajstić information content (AvgIpc) is 3.11. The third-order valence-electron chi connectivity index (χ3n) is 9.53. The van der Waals surface area contributed by atoms with Crippen LogP contribution in [0.15, 0.2) is 0 Å². The van der Waals surface area contributed by atoms with Gasteiger partial charge in [0.25, 0.3) is 5.79 Å². The highest BCUT2D eigenvalue weighted by Gasteiger charge is 2.60. The second-order valence-corrected chi connectivity index (χ2v) is 13.3. The largest absolute Gasteiger partial charge is 0.477 e. The highest BCUT2D eigenvalue weighted by Crippen LogP contribution is 2.39. The van der Waals surface area contributed by atoms with Crippen molar-refractivity contribution >= 4 is 11.9 Å². The topological polar surface area (TPSA) is 394 Å². The average molecular weight is 780 g/mol. The van der Waals surface area contributed by atoms with Crippen LogP contribution in [-0.4, -0.2) is 232 Å². The Morgan fingerprint density at radius 3 is 1.94 bits per heavy atom. The number of rotatable bonds is 13. The maximum atomic E-state index is 12.6. The molecule has 0 aromatic carbocycles. The summed E-state index contributed by atoms with van der Waals surface area (Å²) < 4.78 is 39.2. The van der Waals surface area contributed by atoms with Gasteiger partial charge < -0.3 is 110 Å². The first-order valence-corrected chi connectivity index (χ1v) is 16.6. The van der Waals surface area contributed by atoms with Crippen LogP contribution in [0.4, 0.5) is 0 Å². The number of ether oxygens (including phenoxy) is 7. The Morgan fingerprint density at radius 2 is 1.38 bits per heavy atom. The van der Waals surface area contributed by atoms with Crippen molar-refractivity contribution in [1.29, 1.82) is 0 Å². The smallest absolute Gasteiger partial charge is 0.364 e. The van der Waals surface area contributed by atoms with Crippen LogP contribution in [0.2, 0.25) is 0 Å². The second kappa shape index (κ2) is 17.9. The van der Waals surface area contributed by atoms with Gasteiger partial charge in [-0.3, -0.25) is 4.79 Å². The van der Waals surface area contributed by atoms with Crippen molar-refractivity contribution in [2.24, 2.45) is 0 Å². The van der Waals surface area contributed by atoms with Gasteiger partial charge in [-0.2, -0.15) is 0 Å². The molecule has 0 unspecified atom stereocenters. The van der Waals surface area contributed by atoms with Crippen LogP contribution in [0.5, 0.6) is 0 Å². The Kier molecular flexibility index (Phi) is 14.9. The Morgan fingerprint density at radius 1 is 0.774 bits per heavy atom. The van der Waals surface area contributed by atoms with E-state index in [9.17, 15) is 81.1 Å². The molecule has 24 nitrogen and oxygen atoms in total. The summed E-state index contributed by atoms with van der Waals surface area (Å²) in [4.78, 5) is 24.8. The summed E-state index contributed by atoms with van der Waals surface area (Å²) in [6.45, 7) is -0.719. The van der Waals surface area contributed by atoms with Gasteiger partial charge >= 0.3 is 5.97 Å². The molecule has 4 heterocycles. The molecule has 4 aliphatic heterocycles. The molecule has 0 saturated carbocycles. The number of carboxylic acids is 1. The summed E-state index contributed by atoms with van der Waals surface area (Å²) in [5, 5.41) is 148. The molecule has 15 N–H and O–H groups in total. The van der Waals surface area contributed by atoms with Crippen molar-refractivity contribution in [3.8, 4) is 0 Å². The summed E-state index contributed by atoms with van der Waals surface area (Å²) in [5.74, 6) is -5.91. The predicted molar refractivity (Wildman–Crippen MR) is 161 cm³/mol. The number of nitrogens with one attached hydrogen (secondary N) is 1. The summed E-state index contributed by atoms with van der Waals surface area (Å²) in [6.07, 6.45) is -37.4. The van der Waals surface area contributed by atoms with Gasteiger partial charge in [-0.05, 0) is 6.92 Å². The zero-order valence-electron chi connectivity index (χ0n) is 28.3. The van der Waals surface area contributed by atoms with Gasteiger partial charge in [0.2, 0.25) is 5.91 Å². The number of hydrogen-bond acceptors (Lipinski definition) is 22. The van der Waals surface area contributed by atoms with Crippen molar-refractivity contribution < 1.29 is 114 Å². The monoisotopic (exact) mass is 779 g/mol. The normalized spacial score (nSPS) is 47.8. The SMILES string of the molecule is CC(=O)N[C@@H]1[C@@H](O[C@@H]2O[C@@H](C)[C@@H](O)[C@@H](O)[C@@H]2O)[C@H](O[C@@H]2O[C@H](CO)[C@H](O)[C@H](O[C@]3(C(=O)O)C[C@H](O)[C@@H](O)[C@H]([C@H](O)[C@H](O)CO)O3)[C@H]2O)[C@@H](CO)O[C@H]1O. The fourth-order valence-corrected chi connectivity index (χ4v) is 6.56. The Bertz CT molecular complexity index is 1220. The fraction of sp³-hybridized carbons (Fsp3) is 0.931. The third kappa shape index (κ3) is 9.08. The van der Waals surface area contributed by atoms with Crippen LogP contribution < -0.4 is 5.32 Å². The van der Waals surface area contributed by atoms with Crippen LogP contribution >= 0.6 is 0 Å². The van der Waals surface area contributed by atoms with Crippen LogP contribution in [0.3, 0.4) is 0 Å². The van der Waals surface area contributed by atoms with E-state index < -0.39 is 166 Å². The van der Waals surface area contributed by atoms with E-state index in [0.717, 1.165) is 6.92 Å². The lowest BCUT2D eigenvalue weighted by Crippen LogP contribution is -2.70. The molecule has 24 heteroatoms. The molecule has 0 spiro atoms. The van der Waals surface area contributed by atoms with Gasteiger partial charge in [0, 0.05) is 13.3 Å². The van der Waals surface area contributed by atoms with E-state index in [-0.39, 0.29) is 0 Å². The van der Waals surface area contributed by atoms with Gasteiger partial charge in [0.05, 0.1) is 32.0 Å². The lowest BCUT2D eigenvalue weighted by molar-refractivity contribution is -0.393. The number of aliphatic hydroxyl groups is 13. The van der Waals surface area contributed by atoms with E-state index in [0.29, 0.717) is 0 Å². The van der Waals surface area contributed by atoms with Gasteiger partial charge in [-0.15, -0.1) is 0 Å². The van der Waals surface area contributed by atoms with Crippen molar-refractivity contribution in [2.75, 3.05) is 19.8 Å². The molecule has 4 rings (SSSR count). The summed E-state index contributed by atoms with van der Waals surface area (Å²) in [5.41, 5.74) is 0. The summed E-state index contributed by atoms with van der Waals surface area (Å²) >= 11 is 0. The molecule has 0 aromatic heterocycles. The van der Waals surface area contributed by atoms with E-state index in [1.54, 1.807) is 0 Å². The Balaban J connectivity index is 1.69. The van der Waals surface area contributed by atoms with Gasteiger partial charge in [-0.1, -0.05) is 0 Å². The molecular formula is C29H49NO23. The van der Waals surface area contributed by atoms with Gasteiger partial charge in [0.15, 0.2) is 18.9 Å². The van der Waals surface area contributed by atoms with E-state index in [1.807, 2.05) is 0 Å². The Hall–Kier alpha value is -1.86. The number of aliphatic hydroxyl groups excluding tert-OH is 13. The minimum Gasteiger partial charge on any atom is -0.477 e. The maximum Gasteiger partial charge on any atom is 0.364 e. The van der Waals surface area contributed by atoms with Gasteiger partial charge in [0.1, 0.15) is 91.5 Å². The molecule has 0 radical (unpaired) electrons. The van der Waals surface area contributed by atoms with Crippen molar-refractivity contribution in [2.45, 2.75) is 149 Å². The van der Waals surface area contributed by atoms with E-state index in [1.165, 1.54) is 6.92 Å². The standard InChI is InChI=1S/C29H49NO23/c1-7-14(37)18(41)19(42)26(47-7)51-22-13(30-8(2)34)25(44)48-12(6-33)21(22)50-27-20(43)24(17(40)11(5-32)49-27)53-29(28(45)46)3-9(35)15(38)23(52-29)16(39)10(36)4-31/h7,9-27,31-33,35-44H,3-6H2,1-2H3,(H,30,34)(H,45,46)/t7-,9-,10+,11+,12+,13+,14+,15+,16+,17-,18+,19-,20+,21+,22+,23+,24-,25+,26-,27-,29-/m0/s1. The lowest BCUT2D eigenvalue weighted by Gasteiger charge is -2.51. The van der Waals surface area contributed by atoms with Crippen LogP contribution in [0, 0.1) is 0 Å². The van der Waals surface area contributed by atoms with E-state index in [4.69, 9.17) is 33.2 Å². The molecule has 4 aliphatic rings. The molecule has 0 aliphatic carbocycles. The quantitative estimate of drug-likeness (QED) is 0.0825. The number of amides is 1. The molecule has 4 saturated heterocycles. The van der Waals surface area contributed by atoms with Crippen molar-refractivity contribution in [3.05, 3.63) is 0 Å². The zero-order valence-corrected chi connectivity index (χ0v) is 28.3. The number of hydrogen-bond donors (Lipinski definition) is 15. The van der Waals surface area contributed by atoms with Crippen LogP contribution in [0.1, 0.15) is 20.3 Å². The molecule has 0 aromatic rings. The first-order valence-electron chi connectivity index (χ1n) is 16.6. The highest BCUT2D eigenvalue weighted by atomic mass is 16.8. The zero-order chi connectivity index (χ0) is 39.7. The molecule has 0 bridgehead atoms. The Labute approximate surface area is 300 Å². The minimum atomic E-state index is -3.11. The minimum absolute atomic E-state index is 0.763. The third-order valence-corrected chi connectivity index (χ3v) is 9.53. The van der Waals surface area contributed by atoms with Crippen molar-refractivity contribution in [3.63, 3.8) is 0 Å². The fourth-order valence-electron chi connectivity index (χ4n) is 6.56. The van der Waals surface area contributed by atoms with Crippen LogP contribution in [0.25, 0.3) is 0 Å². The molecule has 1 amide bonds. The number of aliphatic carboxylic acids is 1. The van der Waals surface area contributed by atoms with Crippen LogP contribution in [-0.2, 0) is 42.7 Å². The molecule has 308 valence electrons. The van der Waals surface area contributed by atoms with E-state index >= 15 is 0 Å². The highest BCUT2D eigenvalue weighted by molar-refractivity contribution is 5.76. The van der Waals surface area contributed by atoms with Crippen molar-refractivity contribution in [1.82, 2.24) is 5.32 Å². The molecule has 53 heavy (non-hydrogen) atoms. The molecular weight excluding hydrogens is 730 g/mol. The molecule has 21 atom stereocenters. The lowest BCUT2D eigenvalue weighted by atomic mass is 9.90. The molecule has 4 fully saturated rings. The second-order valence-electron chi connectivity index (χ2n) is 13.3. The first-order chi connectivity index (χ1) is 24.8. The first kappa shape index (κ1) is 43.9.